The van der Waals surface area contributed by atoms with Crippen molar-refractivity contribution in [3.05, 3.63) is 35.4 Å². The molecule has 2 rings (SSSR count). The van der Waals surface area contributed by atoms with E-state index in [4.69, 9.17) is 11.2 Å². The zero-order valence-corrected chi connectivity index (χ0v) is 6.79. The van der Waals surface area contributed by atoms with E-state index in [-0.39, 0.29) is 6.10 Å². The van der Waals surface area contributed by atoms with Crippen LogP contribution in [0.4, 0.5) is 0 Å². The zero-order chi connectivity index (χ0) is 8.39. The molecule has 1 heteroatoms. The molecule has 60 valence electrons. The summed E-state index contributed by atoms with van der Waals surface area (Å²) in [5.41, 5.74) is 2.59. The predicted octanol–water partition coefficient (Wildman–Crippen LogP) is 1.76. The second kappa shape index (κ2) is 3.00. The Balaban J connectivity index is 2.30. The molecule has 0 fully saturated rings. The molecule has 12 heavy (non-hydrogen) atoms. The van der Waals surface area contributed by atoms with Gasteiger partial charge in [-0.1, -0.05) is 30.2 Å². The van der Waals surface area contributed by atoms with Crippen LogP contribution in [-0.2, 0) is 17.8 Å². The molecule has 0 aliphatic carbocycles. The van der Waals surface area contributed by atoms with Crippen LogP contribution in [0.5, 0.6) is 0 Å². The van der Waals surface area contributed by atoms with E-state index in [9.17, 15) is 0 Å². The molecule has 1 nitrogen and oxygen atoms in total. The maximum absolute atomic E-state index is 5.42. The summed E-state index contributed by atoms with van der Waals surface area (Å²) in [5, 5.41) is 0. The first-order valence-corrected chi connectivity index (χ1v) is 4.04. The number of benzene rings is 1. The number of terminal acetylenes is 1. The molecule has 0 saturated carbocycles. The van der Waals surface area contributed by atoms with Gasteiger partial charge in [0.1, 0.15) is 6.10 Å². The normalized spacial score (nSPS) is 21.1. The Labute approximate surface area is 72.4 Å². The summed E-state index contributed by atoms with van der Waals surface area (Å²) in [5.74, 6) is 2.62. The molecule has 0 spiro atoms. The lowest BCUT2D eigenvalue weighted by atomic mass is 10.00. The fourth-order valence-corrected chi connectivity index (χ4v) is 1.45. The van der Waals surface area contributed by atoms with E-state index in [1.807, 2.05) is 12.1 Å². The van der Waals surface area contributed by atoms with Crippen molar-refractivity contribution in [1.82, 2.24) is 0 Å². The van der Waals surface area contributed by atoms with Crippen LogP contribution in [0.25, 0.3) is 0 Å². The second-order valence-corrected chi connectivity index (χ2v) is 2.94. The van der Waals surface area contributed by atoms with Gasteiger partial charge in [0.25, 0.3) is 0 Å². The van der Waals surface area contributed by atoms with E-state index in [1.54, 1.807) is 0 Å². The minimum Gasteiger partial charge on any atom is -0.361 e. The van der Waals surface area contributed by atoms with Crippen LogP contribution in [0.1, 0.15) is 11.1 Å². The standard InChI is InChI=1S/C11H10O/c1-2-11-7-9-5-3-4-6-10(9)8-12-11/h1,3-6,11H,7-8H2/t11-/m1/s1. The summed E-state index contributed by atoms with van der Waals surface area (Å²) in [6, 6.07) is 8.26. The van der Waals surface area contributed by atoms with E-state index >= 15 is 0 Å². The van der Waals surface area contributed by atoms with E-state index in [1.165, 1.54) is 11.1 Å². The molecule has 0 bridgehead atoms. The molecular weight excluding hydrogens is 148 g/mol. The molecule has 0 amide bonds. The monoisotopic (exact) mass is 158 g/mol. The summed E-state index contributed by atoms with van der Waals surface area (Å²) < 4.78 is 5.42. The number of hydrogen-bond acceptors (Lipinski definition) is 1. The van der Waals surface area contributed by atoms with Gasteiger partial charge in [0.15, 0.2) is 0 Å². The fourth-order valence-electron chi connectivity index (χ4n) is 1.45. The van der Waals surface area contributed by atoms with Crippen molar-refractivity contribution in [3.63, 3.8) is 0 Å². The van der Waals surface area contributed by atoms with Crippen molar-refractivity contribution >= 4 is 0 Å². The topological polar surface area (TPSA) is 9.23 Å². The van der Waals surface area contributed by atoms with Gasteiger partial charge in [0.05, 0.1) is 6.61 Å². The van der Waals surface area contributed by atoms with E-state index in [2.05, 4.69) is 18.1 Å². The molecule has 1 aromatic carbocycles. The molecule has 1 atom stereocenters. The molecule has 1 heterocycles. The van der Waals surface area contributed by atoms with Crippen LogP contribution in [0.15, 0.2) is 24.3 Å². The maximum Gasteiger partial charge on any atom is 0.122 e. The highest BCUT2D eigenvalue weighted by Gasteiger charge is 2.15. The summed E-state index contributed by atoms with van der Waals surface area (Å²) in [4.78, 5) is 0. The highest BCUT2D eigenvalue weighted by molar-refractivity contribution is 5.30. The minimum atomic E-state index is -0.0279. The summed E-state index contributed by atoms with van der Waals surface area (Å²) >= 11 is 0. The van der Waals surface area contributed by atoms with Gasteiger partial charge in [-0.05, 0) is 11.1 Å². The van der Waals surface area contributed by atoms with Crippen molar-refractivity contribution in [1.29, 1.82) is 0 Å². The van der Waals surface area contributed by atoms with Gasteiger partial charge >= 0.3 is 0 Å². The molecular formula is C11H10O. The minimum absolute atomic E-state index is 0.0279. The van der Waals surface area contributed by atoms with Crippen molar-refractivity contribution in [3.8, 4) is 12.3 Å². The number of ether oxygens (including phenoxy) is 1. The Kier molecular flexibility index (Phi) is 1.85. The fraction of sp³-hybridized carbons (Fsp3) is 0.273. The first-order chi connectivity index (χ1) is 5.90. The smallest absolute Gasteiger partial charge is 0.122 e. The lowest BCUT2D eigenvalue weighted by Crippen LogP contribution is -2.20. The number of rotatable bonds is 0. The Hall–Kier alpha value is -1.26. The molecule has 0 N–H and O–H groups in total. The van der Waals surface area contributed by atoms with Crippen LogP contribution >= 0.6 is 0 Å². The molecule has 0 unspecified atom stereocenters. The van der Waals surface area contributed by atoms with Crippen LogP contribution in [0.3, 0.4) is 0 Å². The Morgan fingerprint density at radius 3 is 2.83 bits per heavy atom. The highest BCUT2D eigenvalue weighted by Crippen LogP contribution is 2.19. The Morgan fingerprint density at radius 1 is 1.33 bits per heavy atom. The SMILES string of the molecule is C#C[C@@H]1Cc2ccccc2CO1. The lowest BCUT2D eigenvalue weighted by molar-refractivity contribution is 0.0657. The lowest BCUT2D eigenvalue weighted by Gasteiger charge is -2.20. The van der Waals surface area contributed by atoms with E-state index < -0.39 is 0 Å². The molecule has 1 aliphatic heterocycles. The number of hydrogen-bond donors (Lipinski definition) is 0. The van der Waals surface area contributed by atoms with Crippen molar-refractivity contribution in [2.24, 2.45) is 0 Å². The maximum atomic E-state index is 5.42. The van der Waals surface area contributed by atoms with Crippen LogP contribution < -0.4 is 0 Å². The first-order valence-electron chi connectivity index (χ1n) is 4.04. The third-order valence-electron chi connectivity index (χ3n) is 2.15. The summed E-state index contributed by atoms with van der Waals surface area (Å²) in [6.07, 6.45) is 6.11. The van der Waals surface area contributed by atoms with Crippen molar-refractivity contribution in [2.45, 2.75) is 19.1 Å². The molecule has 1 aromatic rings. The van der Waals surface area contributed by atoms with Gasteiger partial charge in [0, 0.05) is 6.42 Å². The molecule has 1 aliphatic rings. The van der Waals surface area contributed by atoms with Gasteiger partial charge in [0.2, 0.25) is 0 Å². The van der Waals surface area contributed by atoms with Gasteiger partial charge in [-0.25, -0.2) is 0 Å². The summed E-state index contributed by atoms with van der Waals surface area (Å²) in [7, 11) is 0. The summed E-state index contributed by atoms with van der Waals surface area (Å²) in [6.45, 7) is 0.658. The second-order valence-electron chi connectivity index (χ2n) is 2.94. The Bertz CT molecular complexity index is 322. The van der Waals surface area contributed by atoms with Crippen LogP contribution in [0.2, 0.25) is 0 Å². The molecule has 0 aromatic heterocycles. The average molecular weight is 158 g/mol. The Morgan fingerprint density at radius 2 is 2.08 bits per heavy atom. The van der Waals surface area contributed by atoms with Crippen molar-refractivity contribution < 1.29 is 4.74 Å². The van der Waals surface area contributed by atoms with Gasteiger partial charge in [-0.2, -0.15) is 0 Å². The van der Waals surface area contributed by atoms with Crippen LogP contribution in [-0.4, -0.2) is 6.10 Å². The third kappa shape index (κ3) is 1.22. The third-order valence-corrected chi connectivity index (χ3v) is 2.15. The first kappa shape index (κ1) is 7.39. The van der Waals surface area contributed by atoms with E-state index in [0.717, 1.165) is 6.42 Å². The highest BCUT2D eigenvalue weighted by atomic mass is 16.5. The quantitative estimate of drug-likeness (QED) is 0.523. The predicted molar refractivity (Wildman–Crippen MR) is 47.6 cm³/mol. The zero-order valence-electron chi connectivity index (χ0n) is 6.79. The molecule has 0 radical (unpaired) electrons. The average Bonchev–Trinajstić information content (AvgIpc) is 2.17. The molecule has 0 saturated heterocycles. The van der Waals surface area contributed by atoms with Gasteiger partial charge in [-0.15, -0.1) is 6.42 Å². The van der Waals surface area contributed by atoms with E-state index in [0.29, 0.717) is 6.61 Å². The van der Waals surface area contributed by atoms with Crippen LogP contribution in [0, 0.1) is 12.3 Å². The van der Waals surface area contributed by atoms with Gasteiger partial charge < -0.3 is 4.74 Å². The number of fused-ring (bicyclic) bond motifs is 1. The van der Waals surface area contributed by atoms with Crippen molar-refractivity contribution in [2.75, 3.05) is 0 Å². The largest absolute Gasteiger partial charge is 0.361 e. The van der Waals surface area contributed by atoms with Gasteiger partial charge in [-0.3, -0.25) is 0 Å².